The molecule has 1 heterocycles. The van der Waals surface area contributed by atoms with Crippen molar-refractivity contribution in [2.45, 2.75) is 18.8 Å². The smallest absolute Gasteiger partial charge is 0.355 e. The molecule has 0 aliphatic rings. The molecule has 0 saturated carbocycles. The summed E-state index contributed by atoms with van der Waals surface area (Å²) in [5.41, 5.74) is 1.79. The van der Waals surface area contributed by atoms with Crippen molar-refractivity contribution in [2.24, 2.45) is 0 Å². The minimum Gasteiger partial charge on any atom is -0.461 e. The average molecular weight is 350 g/mol. The molecule has 1 aromatic heterocycles. The molecule has 0 unspecified atom stereocenters. The molecule has 0 radical (unpaired) electrons. The Bertz CT molecular complexity index is 680. The Hall–Kier alpha value is -1.88. The zero-order chi connectivity index (χ0) is 15.2. The van der Waals surface area contributed by atoms with Gasteiger partial charge in [0.05, 0.1) is 13.2 Å². The first-order valence-electron chi connectivity index (χ1n) is 6.67. The van der Waals surface area contributed by atoms with Gasteiger partial charge in [0.25, 0.3) is 5.56 Å². The van der Waals surface area contributed by atoms with Crippen LogP contribution in [0.5, 0.6) is 0 Å². The number of nitrogens with zero attached hydrogens (tertiary/aromatic N) is 1. The second kappa shape index (κ2) is 7.22. The molecule has 1 aromatic carbocycles. The third kappa shape index (κ3) is 3.61. The highest BCUT2D eigenvalue weighted by molar-refractivity contribution is 9.08. The molecule has 21 heavy (non-hydrogen) atoms. The molecule has 0 saturated heterocycles. The fourth-order valence-electron chi connectivity index (χ4n) is 2.10. The number of carbonyl (C=O) groups is 1. The Morgan fingerprint density at radius 3 is 2.52 bits per heavy atom. The lowest BCUT2D eigenvalue weighted by molar-refractivity contribution is 0.0511. The van der Waals surface area contributed by atoms with Gasteiger partial charge in [0.15, 0.2) is 0 Å². The van der Waals surface area contributed by atoms with Crippen molar-refractivity contribution in [3.8, 4) is 0 Å². The number of benzene rings is 1. The number of pyridine rings is 1. The first kappa shape index (κ1) is 15.5. The molecule has 0 atom stereocenters. The highest BCUT2D eigenvalue weighted by Gasteiger charge is 2.18. The van der Waals surface area contributed by atoms with E-state index in [2.05, 4.69) is 15.9 Å². The van der Waals surface area contributed by atoms with Gasteiger partial charge in [-0.3, -0.25) is 9.36 Å². The number of halogens is 1. The number of ether oxygens (including phenoxy) is 1. The van der Waals surface area contributed by atoms with Gasteiger partial charge >= 0.3 is 5.97 Å². The number of carbonyl (C=O) groups excluding carboxylic acids is 1. The van der Waals surface area contributed by atoms with E-state index in [1.807, 2.05) is 30.3 Å². The van der Waals surface area contributed by atoms with Crippen LogP contribution in [0.15, 0.2) is 47.3 Å². The third-order valence-corrected chi connectivity index (χ3v) is 3.67. The van der Waals surface area contributed by atoms with Crippen LogP contribution in [0.1, 0.15) is 28.5 Å². The highest BCUT2D eigenvalue weighted by Crippen LogP contribution is 2.14. The van der Waals surface area contributed by atoms with Crippen molar-refractivity contribution in [2.75, 3.05) is 6.61 Å². The maximum Gasteiger partial charge on any atom is 0.355 e. The fourth-order valence-corrected chi connectivity index (χ4v) is 2.55. The van der Waals surface area contributed by atoms with E-state index in [0.29, 0.717) is 17.6 Å². The molecule has 2 aromatic rings. The van der Waals surface area contributed by atoms with Crippen LogP contribution in [0.2, 0.25) is 0 Å². The number of hydrogen-bond acceptors (Lipinski definition) is 3. The molecular formula is C16H16BrNO3. The van der Waals surface area contributed by atoms with Crippen LogP contribution in [0, 0.1) is 0 Å². The number of alkyl halides is 1. The zero-order valence-electron chi connectivity index (χ0n) is 11.7. The van der Waals surface area contributed by atoms with Crippen LogP contribution >= 0.6 is 15.9 Å². The average Bonchev–Trinajstić information content (AvgIpc) is 2.50. The van der Waals surface area contributed by atoms with Gasteiger partial charge in [-0.25, -0.2) is 4.79 Å². The van der Waals surface area contributed by atoms with Crippen LogP contribution in [0.3, 0.4) is 0 Å². The van der Waals surface area contributed by atoms with Crippen molar-refractivity contribution in [3.63, 3.8) is 0 Å². The number of esters is 1. The van der Waals surface area contributed by atoms with Gasteiger partial charge in [-0.1, -0.05) is 52.3 Å². The van der Waals surface area contributed by atoms with Crippen LogP contribution in [-0.4, -0.2) is 17.1 Å². The van der Waals surface area contributed by atoms with E-state index >= 15 is 0 Å². The predicted octanol–water partition coefficient (Wildman–Crippen LogP) is 2.97. The fraction of sp³-hybridized carbons (Fsp3) is 0.250. The van der Waals surface area contributed by atoms with E-state index in [0.717, 1.165) is 11.1 Å². The predicted molar refractivity (Wildman–Crippen MR) is 84.8 cm³/mol. The summed E-state index contributed by atoms with van der Waals surface area (Å²) in [5.74, 6) is -0.472. The first-order chi connectivity index (χ1) is 10.2. The quantitative estimate of drug-likeness (QED) is 0.615. The first-order valence-corrected chi connectivity index (χ1v) is 7.79. The van der Waals surface area contributed by atoms with E-state index in [-0.39, 0.29) is 12.2 Å². The lowest BCUT2D eigenvalue weighted by Crippen LogP contribution is -2.28. The largest absolute Gasteiger partial charge is 0.461 e. The molecule has 5 heteroatoms. The maximum absolute atomic E-state index is 12.2. The summed E-state index contributed by atoms with van der Waals surface area (Å²) >= 11 is 3.35. The summed E-state index contributed by atoms with van der Waals surface area (Å²) in [5, 5.41) is 0.482. The Labute approximate surface area is 131 Å². The second-order valence-electron chi connectivity index (χ2n) is 4.47. The SMILES string of the molecule is CCOC(=O)c1c(CBr)ccc(=O)n1Cc1ccccc1. The summed E-state index contributed by atoms with van der Waals surface area (Å²) in [6.07, 6.45) is 0. The lowest BCUT2D eigenvalue weighted by atomic mass is 10.1. The maximum atomic E-state index is 12.2. The van der Waals surface area contributed by atoms with Crippen LogP contribution in [-0.2, 0) is 16.6 Å². The highest BCUT2D eigenvalue weighted by atomic mass is 79.9. The summed E-state index contributed by atoms with van der Waals surface area (Å²) in [6, 6.07) is 12.7. The Balaban J connectivity index is 2.52. The van der Waals surface area contributed by atoms with Crippen molar-refractivity contribution in [1.29, 1.82) is 0 Å². The number of rotatable bonds is 5. The molecule has 0 spiro atoms. The molecule has 0 amide bonds. The Morgan fingerprint density at radius 1 is 1.19 bits per heavy atom. The standard InChI is InChI=1S/C16H16BrNO3/c1-2-21-16(20)15-13(10-17)8-9-14(19)18(15)11-12-6-4-3-5-7-12/h3-9H,2,10-11H2,1H3. The summed E-state index contributed by atoms with van der Waals surface area (Å²) in [6.45, 7) is 2.36. The zero-order valence-corrected chi connectivity index (χ0v) is 13.3. The van der Waals surface area contributed by atoms with E-state index in [1.165, 1.54) is 10.6 Å². The van der Waals surface area contributed by atoms with E-state index in [4.69, 9.17) is 4.74 Å². The van der Waals surface area contributed by atoms with Crippen molar-refractivity contribution in [3.05, 3.63) is 69.6 Å². The molecule has 4 nitrogen and oxygen atoms in total. The van der Waals surface area contributed by atoms with Crippen molar-refractivity contribution in [1.82, 2.24) is 4.57 Å². The third-order valence-electron chi connectivity index (χ3n) is 3.06. The van der Waals surface area contributed by atoms with Crippen LogP contribution in [0.4, 0.5) is 0 Å². The summed E-state index contributed by atoms with van der Waals surface area (Å²) in [4.78, 5) is 24.3. The van der Waals surface area contributed by atoms with E-state index in [9.17, 15) is 9.59 Å². The van der Waals surface area contributed by atoms with Crippen molar-refractivity contribution < 1.29 is 9.53 Å². The molecule has 0 aliphatic carbocycles. The van der Waals surface area contributed by atoms with Crippen molar-refractivity contribution >= 4 is 21.9 Å². The van der Waals surface area contributed by atoms with Gasteiger partial charge in [0.1, 0.15) is 5.69 Å². The lowest BCUT2D eigenvalue weighted by Gasteiger charge is -2.15. The minimum atomic E-state index is -0.472. The Kier molecular flexibility index (Phi) is 5.33. The summed E-state index contributed by atoms with van der Waals surface area (Å²) < 4.78 is 6.55. The molecule has 2 rings (SSSR count). The van der Waals surface area contributed by atoms with Gasteiger partial charge in [0, 0.05) is 11.4 Å². The van der Waals surface area contributed by atoms with Gasteiger partial charge in [0.2, 0.25) is 0 Å². The van der Waals surface area contributed by atoms with Gasteiger partial charge < -0.3 is 4.74 Å². The van der Waals surface area contributed by atoms with Gasteiger partial charge in [-0.05, 0) is 18.1 Å². The van der Waals surface area contributed by atoms with E-state index < -0.39 is 5.97 Å². The number of aromatic nitrogens is 1. The van der Waals surface area contributed by atoms with Gasteiger partial charge in [-0.15, -0.1) is 0 Å². The van der Waals surface area contributed by atoms with E-state index in [1.54, 1.807) is 13.0 Å². The molecule has 0 fully saturated rings. The second-order valence-corrected chi connectivity index (χ2v) is 5.03. The van der Waals surface area contributed by atoms with Gasteiger partial charge in [-0.2, -0.15) is 0 Å². The molecule has 110 valence electrons. The number of hydrogen-bond donors (Lipinski definition) is 0. The molecular weight excluding hydrogens is 334 g/mol. The van der Waals surface area contributed by atoms with Crippen LogP contribution < -0.4 is 5.56 Å². The van der Waals surface area contributed by atoms with Crippen LogP contribution in [0.25, 0.3) is 0 Å². The monoisotopic (exact) mass is 349 g/mol. The molecule has 0 aliphatic heterocycles. The topological polar surface area (TPSA) is 48.3 Å². The Morgan fingerprint density at radius 2 is 1.90 bits per heavy atom. The normalized spacial score (nSPS) is 10.4. The minimum absolute atomic E-state index is 0.216. The molecule has 0 bridgehead atoms. The molecule has 0 N–H and O–H groups in total. The summed E-state index contributed by atoms with van der Waals surface area (Å²) in [7, 11) is 0.